The summed E-state index contributed by atoms with van der Waals surface area (Å²) in [7, 11) is 1.59. The van der Waals surface area contributed by atoms with Crippen LogP contribution in [0.2, 0.25) is 0 Å². The van der Waals surface area contributed by atoms with Crippen LogP contribution in [0.3, 0.4) is 0 Å². The topological polar surface area (TPSA) is 89.5 Å². The maximum Gasteiger partial charge on any atom is 0.255 e. The van der Waals surface area contributed by atoms with Crippen molar-refractivity contribution in [2.75, 3.05) is 7.11 Å². The summed E-state index contributed by atoms with van der Waals surface area (Å²) in [6, 6.07) is 12.3. The Morgan fingerprint density at radius 2 is 2.00 bits per heavy atom. The summed E-state index contributed by atoms with van der Waals surface area (Å²) in [6.07, 6.45) is 8.35. The molecule has 0 saturated heterocycles. The fraction of sp³-hybridized carbons (Fsp3) is 0.150. The van der Waals surface area contributed by atoms with E-state index in [0.29, 0.717) is 18.0 Å². The lowest BCUT2D eigenvalue weighted by molar-refractivity contribution is 0.403. The molecule has 1 N–H and O–H groups in total. The number of hydrogen-bond donors (Lipinski definition) is 1. The van der Waals surface area contributed by atoms with Gasteiger partial charge in [0.1, 0.15) is 12.0 Å². The summed E-state index contributed by atoms with van der Waals surface area (Å²) in [5.74, 6) is 0.489. The van der Waals surface area contributed by atoms with Crippen molar-refractivity contribution in [2.45, 2.75) is 11.8 Å². The minimum atomic E-state index is -0.397. The quantitative estimate of drug-likeness (QED) is 0.577. The van der Waals surface area contributed by atoms with Crippen molar-refractivity contribution < 1.29 is 4.74 Å². The van der Waals surface area contributed by atoms with Gasteiger partial charge in [0.15, 0.2) is 5.69 Å². The van der Waals surface area contributed by atoms with Gasteiger partial charge in [-0.25, -0.2) is 9.97 Å². The van der Waals surface area contributed by atoms with Crippen LogP contribution in [0.4, 0.5) is 0 Å². The second-order valence-electron chi connectivity index (χ2n) is 6.53. The van der Waals surface area contributed by atoms with Crippen LogP contribution in [0.1, 0.15) is 22.5 Å². The zero-order valence-corrected chi connectivity index (χ0v) is 15.8. The molecule has 3 heterocycles. The molecule has 1 aromatic carbocycles. The molecule has 1 atom stereocenters. The van der Waals surface area contributed by atoms with Crippen molar-refractivity contribution in [1.82, 2.24) is 28.9 Å². The summed E-state index contributed by atoms with van der Waals surface area (Å²) in [6.45, 7) is 0. The molecule has 0 spiro atoms. The largest absolute Gasteiger partial charge is 0.479 e. The maximum atomic E-state index is 5.32. The first-order valence-corrected chi connectivity index (χ1v) is 9.50. The Hall–Kier alpha value is -3.39. The van der Waals surface area contributed by atoms with Gasteiger partial charge in [-0.1, -0.05) is 42.5 Å². The van der Waals surface area contributed by atoms with Crippen LogP contribution in [-0.4, -0.2) is 36.0 Å². The molecule has 0 fully saturated rings. The number of ether oxygens (including phenoxy) is 1. The third-order valence-electron chi connectivity index (χ3n) is 5.08. The number of aromatic nitrogens is 6. The molecular formula is C20H16N6OS. The SMILES string of the molecule is COc1nsnc1-c1n[nH]c2c1C=CC(c1ccccc1)(c1ccncn1)C2. The lowest BCUT2D eigenvalue weighted by Gasteiger charge is -2.33. The van der Waals surface area contributed by atoms with Gasteiger partial charge >= 0.3 is 0 Å². The predicted molar refractivity (Wildman–Crippen MR) is 106 cm³/mol. The minimum Gasteiger partial charge on any atom is -0.479 e. The molecule has 0 saturated carbocycles. The Kier molecular flexibility index (Phi) is 3.98. The van der Waals surface area contributed by atoms with Crippen molar-refractivity contribution in [3.05, 3.63) is 77.5 Å². The summed E-state index contributed by atoms with van der Waals surface area (Å²) in [5, 5.41) is 7.71. The second-order valence-corrected chi connectivity index (χ2v) is 7.06. The van der Waals surface area contributed by atoms with E-state index >= 15 is 0 Å². The summed E-state index contributed by atoms with van der Waals surface area (Å²) in [4.78, 5) is 8.65. The molecule has 1 unspecified atom stereocenters. The smallest absolute Gasteiger partial charge is 0.255 e. The third-order valence-corrected chi connectivity index (χ3v) is 5.59. The number of benzene rings is 1. The minimum absolute atomic E-state index is 0.397. The monoisotopic (exact) mass is 388 g/mol. The molecule has 28 heavy (non-hydrogen) atoms. The Morgan fingerprint density at radius 3 is 2.79 bits per heavy atom. The third kappa shape index (κ3) is 2.53. The van der Waals surface area contributed by atoms with Gasteiger partial charge in [0, 0.05) is 23.9 Å². The van der Waals surface area contributed by atoms with Crippen molar-refractivity contribution in [1.29, 1.82) is 0 Å². The molecule has 7 nitrogen and oxygen atoms in total. The van der Waals surface area contributed by atoms with Gasteiger partial charge in [-0.05, 0) is 11.6 Å². The van der Waals surface area contributed by atoms with E-state index in [4.69, 9.17) is 4.74 Å². The zero-order chi connectivity index (χ0) is 19.0. The molecule has 5 rings (SSSR count). The van der Waals surface area contributed by atoms with Crippen molar-refractivity contribution in [2.24, 2.45) is 0 Å². The van der Waals surface area contributed by atoms with Gasteiger partial charge in [0.2, 0.25) is 0 Å². The van der Waals surface area contributed by atoms with Crippen LogP contribution < -0.4 is 4.74 Å². The molecule has 4 aromatic rings. The Labute approximate surface area is 165 Å². The first kappa shape index (κ1) is 16.8. The van der Waals surface area contributed by atoms with Crippen molar-refractivity contribution >= 4 is 17.8 Å². The summed E-state index contributed by atoms with van der Waals surface area (Å²) >= 11 is 1.11. The van der Waals surface area contributed by atoms with Crippen LogP contribution in [0, 0.1) is 0 Å². The highest BCUT2D eigenvalue weighted by atomic mass is 32.1. The maximum absolute atomic E-state index is 5.32. The van der Waals surface area contributed by atoms with E-state index in [1.165, 1.54) is 5.56 Å². The van der Waals surface area contributed by atoms with Crippen LogP contribution >= 0.6 is 11.7 Å². The van der Waals surface area contributed by atoms with Crippen LogP contribution in [0.5, 0.6) is 5.88 Å². The first-order chi connectivity index (χ1) is 13.8. The molecule has 138 valence electrons. The number of allylic oxidation sites excluding steroid dienone is 1. The number of methoxy groups -OCH3 is 1. The summed E-state index contributed by atoms with van der Waals surface area (Å²) < 4.78 is 13.9. The Bertz CT molecular complexity index is 1100. The number of rotatable bonds is 4. The number of hydrogen-bond acceptors (Lipinski definition) is 7. The lowest BCUT2D eigenvalue weighted by Crippen LogP contribution is -2.31. The second kappa shape index (κ2) is 6.65. The van der Waals surface area contributed by atoms with E-state index in [0.717, 1.165) is 34.4 Å². The van der Waals surface area contributed by atoms with Crippen LogP contribution in [0.25, 0.3) is 17.5 Å². The van der Waals surface area contributed by atoms with Gasteiger partial charge in [-0.15, -0.1) is 4.37 Å². The van der Waals surface area contributed by atoms with Crippen LogP contribution in [0.15, 0.2) is 55.0 Å². The van der Waals surface area contributed by atoms with Gasteiger partial charge < -0.3 is 4.74 Å². The molecule has 1 aliphatic rings. The molecular weight excluding hydrogens is 372 g/mol. The number of H-pyrrole nitrogens is 1. The molecule has 0 aliphatic heterocycles. The number of aromatic amines is 1. The average molecular weight is 388 g/mol. The van der Waals surface area contributed by atoms with Gasteiger partial charge in [0.05, 0.1) is 29.9 Å². The molecule has 3 aromatic heterocycles. The number of fused-ring (bicyclic) bond motifs is 1. The molecule has 8 heteroatoms. The van der Waals surface area contributed by atoms with E-state index in [9.17, 15) is 0 Å². The van der Waals surface area contributed by atoms with E-state index in [1.807, 2.05) is 24.3 Å². The first-order valence-electron chi connectivity index (χ1n) is 8.77. The van der Waals surface area contributed by atoms with E-state index in [-0.39, 0.29) is 0 Å². The highest BCUT2D eigenvalue weighted by Gasteiger charge is 2.38. The van der Waals surface area contributed by atoms with Gasteiger partial charge in [0.25, 0.3) is 5.88 Å². The standard InChI is InChI=1S/C20H16N6OS/c1-27-19-18(25-28-26-19)17-14-7-9-20(11-15(14)23-24-17,13-5-3-2-4-6-13)16-8-10-21-12-22-16/h2-10,12H,11H2,1H3,(H,23,24). The predicted octanol–water partition coefficient (Wildman–Crippen LogP) is 3.28. The summed E-state index contributed by atoms with van der Waals surface area (Å²) in [5.41, 5.74) is 5.15. The molecule has 0 bridgehead atoms. The fourth-order valence-electron chi connectivity index (χ4n) is 3.72. The van der Waals surface area contributed by atoms with Crippen LogP contribution in [-0.2, 0) is 11.8 Å². The zero-order valence-electron chi connectivity index (χ0n) is 15.0. The number of nitrogens with one attached hydrogen (secondary N) is 1. The lowest BCUT2D eigenvalue weighted by atomic mass is 9.70. The van der Waals surface area contributed by atoms with Gasteiger partial charge in [-0.3, -0.25) is 5.10 Å². The van der Waals surface area contributed by atoms with Gasteiger partial charge in [-0.2, -0.15) is 9.47 Å². The van der Waals surface area contributed by atoms with E-state index in [2.05, 4.69) is 53.2 Å². The van der Waals surface area contributed by atoms with E-state index < -0.39 is 5.41 Å². The average Bonchev–Trinajstić information content (AvgIpc) is 3.40. The Morgan fingerprint density at radius 1 is 1.11 bits per heavy atom. The normalized spacial score (nSPS) is 18.0. The molecule has 0 radical (unpaired) electrons. The Balaban J connectivity index is 1.65. The number of nitrogens with zero attached hydrogens (tertiary/aromatic N) is 5. The fourth-order valence-corrected chi connectivity index (χ4v) is 4.24. The highest BCUT2D eigenvalue weighted by molar-refractivity contribution is 6.99. The van der Waals surface area contributed by atoms with E-state index in [1.54, 1.807) is 19.6 Å². The highest BCUT2D eigenvalue weighted by Crippen LogP contribution is 2.42. The molecule has 0 amide bonds. The van der Waals surface area contributed by atoms with Crippen molar-refractivity contribution in [3.63, 3.8) is 0 Å². The molecule has 1 aliphatic carbocycles. The van der Waals surface area contributed by atoms with Crippen molar-refractivity contribution in [3.8, 4) is 17.3 Å².